The molecule has 0 spiro atoms. The molecule has 10 heteroatoms. The zero-order chi connectivity index (χ0) is 27.3. The van der Waals surface area contributed by atoms with Crippen LogP contribution in [0.5, 0.6) is 0 Å². The predicted molar refractivity (Wildman–Crippen MR) is 132 cm³/mol. The maximum Gasteiger partial charge on any atom is 0.433 e. The topological polar surface area (TPSA) is 57.2 Å². The van der Waals surface area contributed by atoms with Crippen molar-refractivity contribution in [3.05, 3.63) is 113 Å². The van der Waals surface area contributed by atoms with Gasteiger partial charge in [-0.25, -0.2) is 4.98 Å². The van der Waals surface area contributed by atoms with E-state index in [1.54, 1.807) is 0 Å². The Morgan fingerprint density at radius 2 is 1.34 bits per heavy atom. The van der Waals surface area contributed by atoms with E-state index in [9.17, 15) is 31.4 Å². The summed E-state index contributed by atoms with van der Waals surface area (Å²) < 4.78 is 80.8. The van der Waals surface area contributed by atoms with Gasteiger partial charge in [-0.15, -0.1) is 0 Å². The fraction of sp³-hybridized carbons (Fsp3) is 0.250. The second-order valence-corrected chi connectivity index (χ2v) is 8.72. The molecule has 0 aliphatic carbocycles. The highest BCUT2D eigenvalue weighted by atomic mass is 19.4. The third-order valence-corrected chi connectivity index (χ3v) is 6.08. The van der Waals surface area contributed by atoms with E-state index in [2.05, 4.69) is 15.6 Å². The third-order valence-electron chi connectivity index (χ3n) is 6.08. The number of hydrogen-bond donors (Lipinski definition) is 3. The van der Waals surface area contributed by atoms with E-state index in [1.165, 1.54) is 6.07 Å². The van der Waals surface area contributed by atoms with Crippen LogP contribution in [-0.2, 0) is 12.4 Å². The van der Waals surface area contributed by atoms with Crippen molar-refractivity contribution in [3.8, 4) is 0 Å². The first-order chi connectivity index (χ1) is 18.1. The van der Waals surface area contributed by atoms with Crippen LogP contribution in [0.25, 0.3) is 10.9 Å². The quantitative estimate of drug-likeness (QED) is 0.175. The van der Waals surface area contributed by atoms with E-state index in [0.717, 1.165) is 17.2 Å². The van der Waals surface area contributed by atoms with Crippen molar-refractivity contribution < 1.29 is 31.4 Å². The zero-order valence-electron chi connectivity index (χ0n) is 20.0. The molecule has 200 valence electrons. The molecule has 38 heavy (non-hydrogen) atoms. The van der Waals surface area contributed by atoms with Crippen molar-refractivity contribution >= 4 is 10.9 Å². The van der Waals surface area contributed by atoms with Crippen LogP contribution in [0.1, 0.15) is 40.1 Å². The van der Waals surface area contributed by atoms with Gasteiger partial charge in [-0.05, 0) is 28.8 Å². The highest BCUT2D eigenvalue weighted by molar-refractivity contribution is 5.86. The highest BCUT2D eigenvalue weighted by Gasteiger charge is 2.38. The minimum absolute atomic E-state index is 0.108. The third kappa shape index (κ3) is 6.50. The summed E-state index contributed by atoms with van der Waals surface area (Å²) in [6.07, 6.45) is -11.4. The first kappa shape index (κ1) is 27.6. The van der Waals surface area contributed by atoms with Crippen molar-refractivity contribution in [1.82, 2.24) is 15.6 Å². The Morgan fingerprint density at radius 1 is 0.737 bits per heavy atom. The maximum absolute atomic E-state index is 13.5. The summed E-state index contributed by atoms with van der Waals surface area (Å²) in [5, 5.41) is 16.9. The lowest BCUT2D eigenvalue weighted by Gasteiger charge is -2.21. The molecule has 4 nitrogen and oxygen atoms in total. The number of aliphatic hydroxyl groups excluding tert-OH is 1. The standard InChI is InChI=1S/C28H25F6N3O/c29-27(30,31)22-13-7-12-20-21(16-24(28(32,33)34)37-26(20)22)23(38)17-35-14-15-36-25(18-8-3-1-4-9-18)19-10-5-2-6-11-19/h1-13,16,23,25,35-36,38H,14-15,17H2/t23-/m0/s1. The van der Waals surface area contributed by atoms with E-state index in [1.807, 2.05) is 60.7 Å². The summed E-state index contributed by atoms with van der Waals surface area (Å²) >= 11 is 0. The van der Waals surface area contributed by atoms with Gasteiger partial charge in [-0.3, -0.25) is 0 Å². The second-order valence-electron chi connectivity index (χ2n) is 8.72. The largest absolute Gasteiger partial charge is 0.433 e. The van der Waals surface area contributed by atoms with Crippen LogP contribution >= 0.6 is 0 Å². The van der Waals surface area contributed by atoms with E-state index in [0.29, 0.717) is 25.2 Å². The number of rotatable bonds is 9. The molecule has 0 aliphatic rings. The first-order valence-corrected chi connectivity index (χ1v) is 11.9. The van der Waals surface area contributed by atoms with E-state index >= 15 is 0 Å². The molecule has 0 bridgehead atoms. The lowest BCUT2D eigenvalue weighted by atomic mass is 9.99. The number of hydrogen-bond acceptors (Lipinski definition) is 4. The minimum Gasteiger partial charge on any atom is -0.387 e. The van der Waals surface area contributed by atoms with Crippen molar-refractivity contribution in [2.24, 2.45) is 0 Å². The van der Waals surface area contributed by atoms with Crippen molar-refractivity contribution in [2.75, 3.05) is 19.6 Å². The Morgan fingerprint density at radius 3 is 1.89 bits per heavy atom. The van der Waals surface area contributed by atoms with Crippen LogP contribution in [0, 0.1) is 0 Å². The number of aromatic nitrogens is 1. The van der Waals surface area contributed by atoms with E-state index < -0.39 is 35.2 Å². The Labute approximate surface area is 215 Å². The van der Waals surface area contributed by atoms with Crippen LogP contribution in [0.15, 0.2) is 84.9 Å². The Bertz CT molecular complexity index is 1300. The summed E-state index contributed by atoms with van der Waals surface area (Å²) in [5.74, 6) is 0. The number of aliphatic hydroxyl groups is 1. The average Bonchev–Trinajstić information content (AvgIpc) is 2.89. The number of halogens is 6. The fourth-order valence-corrected chi connectivity index (χ4v) is 4.30. The van der Waals surface area contributed by atoms with Gasteiger partial charge in [0.2, 0.25) is 0 Å². The van der Waals surface area contributed by atoms with Crippen molar-refractivity contribution in [2.45, 2.75) is 24.5 Å². The zero-order valence-corrected chi connectivity index (χ0v) is 20.0. The van der Waals surface area contributed by atoms with Crippen LogP contribution in [-0.4, -0.2) is 29.7 Å². The monoisotopic (exact) mass is 533 g/mol. The minimum atomic E-state index is -4.98. The molecule has 3 N–H and O–H groups in total. The molecule has 0 aliphatic heterocycles. The summed E-state index contributed by atoms with van der Waals surface area (Å²) in [4.78, 5) is 3.26. The maximum atomic E-state index is 13.5. The molecule has 4 aromatic rings. The van der Waals surface area contributed by atoms with Crippen LogP contribution in [0.3, 0.4) is 0 Å². The highest BCUT2D eigenvalue weighted by Crippen LogP contribution is 2.38. The molecular weight excluding hydrogens is 508 g/mol. The smallest absolute Gasteiger partial charge is 0.387 e. The normalized spacial score (nSPS) is 13.3. The van der Waals surface area contributed by atoms with Gasteiger partial charge in [-0.2, -0.15) is 26.3 Å². The predicted octanol–water partition coefficient (Wildman–Crippen LogP) is 6.27. The molecule has 0 fully saturated rings. The molecule has 0 radical (unpaired) electrons. The Hall–Kier alpha value is -3.47. The number of fused-ring (bicyclic) bond motifs is 1. The molecule has 1 atom stereocenters. The summed E-state index contributed by atoms with van der Waals surface area (Å²) in [6, 6.07) is 23.0. The van der Waals surface area contributed by atoms with Gasteiger partial charge in [0.15, 0.2) is 0 Å². The lowest BCUT2D eigenvalue weighted by Crippen LogP contribution is -2.33. The molecule has 0 saturated carbocycles. The second kappa shape index (κ2) is 11.5. The van der Waals surface area contributed by atoms with Gasteiger partial charge >= 0.3 is 12.4 Å². The first-order valence-electron chi connectivity index (χ1n) is 11.9. The van der Waals surface area contributed by atoms with Crippen LogP contribution in [0.2, 0.25) is 0 Å². The molecule has 1 heterocycles. The van der Waals surface area contributed by atoms with E-state index in [4.69, 9.17) is 0 Å². The van der Waals surface area contributed by atoms with Gasteiger partial charge in [0, 0.05) is 25.0 Å². The van der Waals surface area contributed by atoms with Crippen LogP contribution < -0.4 is 10.6 Å². The number of nitrogens with zero attached hydrogens (tertiary/aromatic N) is 1. The molecule has 0 unspecified atom stereocenters. The molecular formula is C28H25F6N3O. The molecule has 3 aromatic carbocycles. The molecule has 0 saturated heterocycles. The molecule has 0 amide bonds. The van der Waals surface area contributed by atoms with E-state index in [-0.39, 0.29) is 23.5 Å². The number of alkyl halides is 6. The van der Waals surface area contributed by atoms with Gasteiger partial charge in [-0.1, -0.05) is 72.8 Å². The van der Waals surface area contributed by atoms with Gasteiger partial charge in [0.05, 0.1) is 23.2 Å². The SMILES string of the molecule is O[C@@H](CNCCNC(c1ccccc1)c1ccccc1)c1cc(C(F)(F)F)nc2c(C(F)(F)F)cccc12. The summed E-state index contributed by atoms with van der Waals surface area (Å²) in [5.41, 5.74) is -1.82. The van der Waals surface area contributed by atoms with Crippen molar-refractivity contribution in [1.29, 1.82) is 0 Å². The molecule has 1 aromatic heterocycles. The number of pyridine rings is 1. The molecule has 4 rings (SSSR count). The number of nitrogens with one attached hydrogen (secondary N) is 2. The number of benzene rings is 3. The Balaban J connectivity index is 1.48. The fourth-order valence-electron chi connectivity index (χ4n) is 4.30. The number of para-hydroxylation sites is 1. The average molecular weight is 534 g/mol. The van der Waals surface area contributed by atoms with Gasteiger partial charge < -0.3 is 15.7 Å². The van der Waals surface area contributed by atoms with Crippen molar-refractivity contribution in [3.63, 3.8) is 0 Å². The van der Waals surface area contributed by atoms with Crippen LogP contribution in [0.4, 0.5) is 26.3 Å². The lowest BCUT2D eigenvalue weighted by molar-refractivity contribution is -0.142. The summed E-state index contributed by atoms with van der Waals surface area (Å²) in [6.45, 7) is 0.621. The Kier molecular flexibility index (Phi) is 8.35. The van der Waals surface area contributed by atoms with Gasteiger partial charge in [0.1, 0.15) is 5.69 Å². The van der Waals surface area contributed by atoms with Gasteiger partial charge in [0.25, 0.3) is 0 Å². The summed E-state index contributed by atoms with van der Waals surface area (Å²) in [7, 11) is 0.